The number of rotatable bonds is 5. The van der Waals surface area contributed by atoms with Gasteiger partial charge in [-0.25, -0.2) is 0 Å². The molecule has 2 aromatic rings. The van der Waals surface area contributed by atoms with Crippen LogP contribution in [-0.2, 0) is 0 Å². The van der Waals surface area contributed by atoms with Gasteiger partial charge in [0.2, 0.25) is 11.9 Å². The summed E-state index contributed by atoms with van der Waals surface area (Å²) in [5, 5.41) is 3.61. The van der Waals surface area contributed by atoms with Crippen molar-refractivity contribution in [2.24, 2.45) is 0 Å². The summed E-state index contributed by atoms with van der Waals surface area (Å²) < 4.78 is 6.18. The highest BCUT2D eigenvalue weighted by atomic mass is 79.9. The fourth-order valence-electron chi connectivity index (χ4n) is 1.40. The smallest absolute Gasteiger partial charge is 0.323 e. The van der Waals surface area contributed by atoms with Crippen LogP contribution in [0.3, 0.4) is 0 Å². The maximum absolute atomic E-state index is 5.95. The number of ether oxygens (including phenoxy) is 1. The molecule has 0 amide bonds. The largest absolute Gasteiger partial charge is 0.463 e. The Bertz CT molecular complexity index is 610. The number of anilines is 3. The number of nitrogens with two attached hydrogens (primary N) is 1. The van der Waals surface area contributed by atoms with E-state index in [9.17, 15) is 0 Å². The van der Waals surface area contributed by atoms with E-state index in [1.165, 1.54) is 0 Å². The third kappa shape index (κ3) is 3.94. The van der Waals surface area contributed by atoms with Gasteiger partial charge in [-0.2, -0.15) is 15.0 Å². The van der Waals surface area contributed by atoms with E-state index in [2.05, 4.69) is 36.2 Å². The normalized spacial score (nSPS) is 10.3. The second kappa shape index (κ2) is 6.71. The Balaban J connectivity index is 2.24. The van der Waals surface area contributed by atoms with Crippen molar-refractivity contribution in [2.75, 3.05) is 17.7 Å². The van der Waals surface area contributed by atoms with Gasteiger partial charge in [-0.15, -0.1) is 0 Å². The molecule has 106 valence electrons. The van der Waals surface area contributed by atoms with Crippen LogP contribution in [-0.4, -0.2) is 21.6 Å². The molecule has 0 fully saturated rings. The van der Waals surface area contributed by atoms with E-state index in [1.54, 1.807) is 12.1 Å². The second-order valence-corrected chi connectivity index (χ2v) is 5.19. The number of aromatic nitrogens is 3. The highest BCUT2D eigenvalue weighted by Gasteiger charge is 2.08. The Morgan fingerprint density at radius 3 is 2.90 bits per heavy atom. The quantitative estimate of drug-likeness (QED) is 0.852. The van der Waals surface area contributed by atoms with E-state index in [0.29, 0.717) is 17.6 Å². The third-order valence-electron chi connectivity index (χ3n) is 2.24. The fraction of sp³-hybridized carbons (Fsp3) is 0.250. The van der Waals surface area contributed by atoms with E-state index in [0.717, 1.165) is 16.6 Å². The lowest BCUT2D eigenvalue weighted by molar-refractivity contribution is 0.292. The van der Waals surface area contributed by atoms with Crippen molar-refractivity contribution in [3.8, 4) is 6.01 Å². The van der Waals surface area contributed by atoms with Gasteiger partial charge in [0, 0.05) is 9.50 Å². The van der Waals surface area contributed by atoms with Crippen molar-refractivity contribution in [1.82, 2.24) is 15.0 Å². The van der Waals surface area contributed by atoms with Crippen LogP contribution in [0.2, 0.25) is 5.02 Å². The molecule has 0 atom stereocenters. The predicted octanol–water partition coefficient (Wildman–Crippen LogP) is 3.40. The lowest BCUT2D eigenvalue weighted by Crippen LogP contribution is -2.07. The minimum absolute atomic E-state index is 0.0896. The zero-order valence-corrected chi connectivity index (χ0v) is 13.1. The maximum Gasteiger partial charge on any atom is 0.323 e. The summed E-state index contributed by atoms with van der Waals surface area (Å²) in [7, 11) is 0. The number of nitrogens with one attached hydrogen (secondary N) is 1. The molecule has 0 aliphatic carbocycles. The molecule has 0 saturated carbocycles. The Kier molecular flexibility index (Phi) is 4.97. The number of hydrogen-bond donors (Lipinski definition) is 2. The highest BCUT2D eigenvalue weighted by Crippen LogP contribution is 2.28. The van der Waals surface area contributed by atoms with Crippen molar-refractivity contribution in [3.63, 3.8) is 0 Å². The van der Waals surface area contributed by atoms with Crippen LogP contribution in [0.1, 0.15) is 13.3 Å². The van der Waals surface area contributed by atoms with E-state index in [4.69, 9.17) is 22.1 Å². The Morgan fingerprint density at radius 1 is 1.35 bits per heavy atom. The van der Waals surface area contributed by atoms with Gasteiger partial charge in [0.15, 0.2) is 0 Å². The van der Waals surface area contributed by atoms with Crippen molar-refractivity contribution < 1.29 is 4.74 Å². The summed E-state index contributed by atoms with van der Waals surface area (Å²) in [5.41, 5.74) is 6.36. The molecule has 0 aliphatic heterocycles. The van der Waals surface area contributed by atoms with Gasteiger partial charge >= 0.3 is 6.01 Å². The van der Waals surface area contributed by atoms with Gasteiger partial charge in [0.1, 0.15) is 0 Å². The Labute approximate surface area is 129 Å². The van der Waals surface area contributed by atoms with Crippen molar-refractivity contribution in [3.05, 3.63) is 27.7 Å². The predicted molar refractivity (Wildman–Crippen MR) is 82.5 cm³/mol. The summed E-state index contributed by atoms with van der Waals surface area (Å²) in [6.45, 7) is 2.51. The SMILES string of the molecule is CCCOc1nc(N)nc(Nc2cc(Cl)ccc2Br)n1. The maximum atomic E-state index is 5.95. The fourth-order valence-corrected chi connectivity index (χ4v) is 1.92. The van der Waals surface area contributed by atoms with Crippen LogP contribution < -0.4 is 15.8 Å². The minimum atomic E-state index is 0.0896. The lowest BCUT2D eigenvalue weighted by Gasteiger charge is -2.09. The van der Waals surface area contributed by atoms with E-state index in [1.807, 2.05) is 13.0 Å². The molecule has 0 spiro atoms. The molecule has 0 radical (unpaired) electrons. The van der Waals surface area contributed by atoms with Crippen molar-refractivity contribution >= 4 is 45.1 Å². The van der Waals surface area contributed by atoms with E-state index >= 15 is 0 Å². The van der Waals surface area contributed by atoms with Gasteiger partial charge in [0.25, 0.3) is 0 Å². The van der Waals surface area contributed by atoms with Crippen LogP contribution in [0, 0.1) is 0 Å². The van der Waals surface area contributed by atoms with Crippen molar-refractivity contribution in [2.45, 2.75) is 13.3 Å². The van der Waals surface area contributed by atoms with Gasteiger partial charge in [0.05, 0.1) is 12.3 Å². The lowest BCUT2D eigenvalue weighted by atomic mass is 10.3. The topological polar surface area (TPSA) is 86.0 Å². The summed E-state index contributed by atoms with van der Waals surface area (Å²) >= 11 is 9.36. The van der Waals surface area contributed by atoms with Gasteiger partial charge in [-0.3, -0.25) is 0 Å². The molecule has 1 heterocycles. The molecular formula is C12H13BrClN5O. The number of benzene rings is 1. The summed E-state index contributed by atoms with van der Waals surface area (Å²) in [5.74, 6) is 0.387. The van der Waals surface area contributed by atoms with Gasteiger partial charge in [-0.05, 0) is 40.5 Å². The molecule has 1 aromatic heterocycles. The molecule has 8 heteroatoms. The molecular weight excluding hydrogens is 346 g/mol. The second-order valence-electron chi connectivity index (χ2n) is 3.90. The van der Waals surface area contributed by atoms with Crippen LogP contribution in [0.5, 0.6) is 6.01 Å². The van der Waals surface area contributed by atoms with Crippen LogP contribution in [0.15, 0.2) is 22.7 Å². The first-order chi connectivity index (χ1) is 9.58. The molecule has 3 N–H and O–H groups in total. The molecule has 0 bridgehead atoms. The van der Waals surface area contributed by atoms with E-state index in [-0.39, 0.29) is 12.0 Å². The van der Waals surface area contributed by atoms with Gasteiger partial charge < -0.3 is 15.8 Å². The monoisotopic (exact) mass is 357 g/mol. The summed E-state index contributed by atoms with van der Waals surface area (Å²) in [4.78, 5) is 12.1. The summed E-state index contributed by atoms with van der Waals surface area (Å²) in [6, 6.07) is 5.54. The molecule has 0 unspecified atom stereocenters. The first kappa shape index (κ1) is 14.8. The van der Waals surface area contributed by atoms with Gasteiger partial charge in [-0.1, -0.05) is 18.5 Å². The standard InChI is InChI=1S/C12H13BrClN5O/c1-2-5-20-12-18-10(15)17-11(19-12)16-9-6-7(14)3-4-8(9)13/h3-4,6H,2,5H2,1H3,(H3,15,16,17,18,19). The number of halogens is 2. The third-order valence-corrected chi connectivity index (χ3v) is 3.17. The first-order valence-electron chi connectivity index (χ1n) is 5.95. The highest BCUT2D eigenvalue weighted by molar-refractivity contribution is 9.10. The summed E-state index contributed by atoms with van der Waals surface area (Å²) in [6.07, 6.45) is 0.855. The van der Waals surface area contributed by atoms with Crippen molar-refractivity contribution in [1.29, 1.82) is 0 Å². The molecule has 6 nitrogen and oxygen atoms in total. The number of nitrogens with zero attached hydrogens (tertiary/aromatic N) is 3. The minimum Gasteiger partial charge on any atom is -0.463 e. The van der Waals surface area contributed by atoms with Crippen LogP contribution >= 0.6 is 27.5 Å². The van der Waals surface area contributed by atoms with Crippen LogP contribution in [0.4, 0.5) is 17.6 Å². The zero-order valence-electron chi connectivity index (χ0n) is 10.7. The molecule has 1 aromatic carbocycles. The number of nitrogen functional groups attached to an aromatic ring is 1. The average Bonchev–Trinajstić information content (AvgIpc) is 2.40. The number of hydrogen-bond acceptors (Lipinski definition) is 6. The molecule has 0 aliphatic rings. The first-order valence-corrected chi connectivity index (χ1v) is 7.12. The molecule has 20 heavy (non-hydrogen) atoms. The Morgan fingerprint density at radius 2 is 2.15 bits per heavy atom. The van der Waals surface area contributed by atoms with E-state index < -0.39 is 0 Å². The zero-order chi connectivity index (χ0) is 14.5. The van der Waals surface area contributed by atoms with Crippen LogP contribution in [0.25, 0.3) is 0 Å². The Hall–Kier alpha value is -1.60. The average molecular weight is 359 g/mol. The molecule has 2 rings (SSSR count). The molecule has 0 saturated heterocycles.